The predicted octanol–water partition coefficient (Wildman–Crippen LogP) is -0.438. The predicted molar refractivity (Wildman–Crippen MR) is 131 cm³/mol. The summed E-state index contributed by atoms with van der Waals surface area (Å²) in [4.78, 5) is 19.8. The van der Waals surface area contributed by atoms with Gasteiger partial charge in [-0.1, -0.05) is 11.2 Å². The zero-order valence-corrected chi connectivity index (χ0v) is 21.6. The molecular weight excluding hydrogens is 502 g/mol. The number of ether oxygens (including phenoxy) is 4. The number of quaternary nitrogens is 1. The van der Waals surface area contributed by atoms with E-state index in [1.165, 1.54) is 13.4 Å². The minimum atomic E-state index is -0.538. The average Bonchev–Trinajstić information content (AvgIpc) is 3.60. The number of hydrogen-bond acceptors (Lipinski definition) is 8. The van der Waals surface area contributed by atoms with Crippen molar-refractivity contribution >= 4 is 11.6 Å². The fraction of sp³-hybridized carbons (Fsp3) is 0.240. The Balaban J connectivity index is 0.00000380. The van der Waals surface area contributed by atoms with E-state index in [1.54, 1.807) is 58.1 Å². The van der Waals surface area contributed by atoms with Gasteiger partial charge in [-0.3, -0.25) is 4.79 Å². The standard InChI is InChI=1S/C25H27N5O6.ClH/c1-32-20-6-5-14(7-19(20)29-25(31)18(26)10-16-11-27-13-28-16)17-12-36-30-23(17)15-8-21(33-2)24(35-4)22(9-15)34-3;/h5-9,11-13,18H,10,26H2,1-4H3,(H,27,28)(H,29,31);1H. The second-order valence-electron chi connectivity index (χ2n) is 7.87. The van der Waals surface area contributed by atoms with E-state index in [1.807, 2.05) is 6.07 Å². The van der Waals surface area contributed by atoms with Gasteiger partial charge in [-0.15, -0.1) is 0 Å². The van der Waals surface area contributed by atoms with Gasteiger partial charge >= 0.3 is 0 Å². The molecule has 1 atom stereocenters. The molecule has 0 fully saturated rings. The lowest BCUT2D eigenvalue weighted by Crippen LogP contribution is -3.00. The number of methoxy groups -OCH3 is 4. The van der Waals surface area contributed by atoms with Crippen molar-refractivity contribution in [3.05, 3.63) is 54.8 Å². The van der Waals surface area contributed by atoms with E-state index in [9.17, 15) is 4.79 Å². The van der Waals surface area contributed by atoms with Crippen LogP contribution < -0.4 is 42.4 Å². The molecule has 4 rings (SSSR count). The highest BCUT2D eigenvalue weighted by Crippen LogP contribution is 2.43. The number of carbonyl (C=O) groups excluding carboxylic acids is 1. The maximum atomic E-state index is 12.9. The van der Waals surface area contributed by atoms with Gasteiger partial charge in [0.05, 0.1) is 46.9 Å². The van der Waals surface area contributed by atoms with Gasteiger partial charge in [-0.05, 0) is 29.8 Å². The molecule has 5 N–H and O–H groups in total. The smallest absolute Gasteiger partial charge is 0.283 e. The van der Waals surface area contributed by atoms with E-state index in [-0.39, 0.29) is 18.3 Å². The Labute approximate surface area is 219 Å². The highest BCUT2D eigenvalue weighted by molar-refractivity contribution is 5.96. The fourth-order valence-electron chi connectivity index (χ4n) is 3.83. The molecule has 12 heteroatoms. The molecule has 11 nitrogen and oxygen atoms in total. The first-order valence-corrected chi connectivity index (χ1v) is 11.0. The van der Waals surface area contributed by atoms with Crippen LogP contribution in [-0.2, 0) is 11.2 Å². The summed E-state index contributed by atoms with van der Waals surface area (Å²) >= 11 is 0. The average molecular weight is 530 g/mol. The molecule has 0 bridgehead atoms. The molecule has 2 aromatic carbocycles. The normalized spacial score (nSPS) is 11.3. The van der Waals surface area contributed by atoms with Gasteiger partial charge < -0.3 is 51.9 Å². The van der Waals surface area contributed by atoms with Crippen molar-refractivity contribution in [1.82, 2.24) is 15.1 Å². The monoisotopic (exact) mass is 529 g/mol. The summed E-state index contributed by atoms with van der Waals surface area (Å²) in [6.07, 6.45) is 5.19. The lowest BCUT2D eigenvalue weighted by atomic mass is 10.00. The number of aromatic amines is 1. The summed E-state index contributed by atoms with van der Waals surface area (Å²) in [5, 5.41) is 7.13. The second-order valence-corrected chi connectivity index (χ2v) is 7.87. The highest BCUT2D eigenvalue weighted by Gasteiger charge is 2.22. The molecule has 4 aromatic rings. The fourth-order valence-corrected chi connectivity index (χ4v) is 3.83. The van der Waals surface area contributed by atoms with Crippen molar-refractivity contribution < 1.29 is 46.4 Å². The summed E-state index contributed by atoms with van der Waals surface area (Å²) in [7, 11) is 6.18. The van der Waals surface area contributed by atoms with Crippen molar-refractivity contribution in [3.63, 3.8) is 0 Å². The van der Waals surface area contributed by atoms with Crippen molar-refractivity contribution in [2.45, 2.75) is 12.5 Å². The Hall–Kier alpha value is -4.22. The number of hydrogen-bond donors (Lipinski definition) is 3. The summed E-state index contributed by atoms with van der Waals surface area (Å²) in [6.45, 7) is 0. The van der Waals surface area contributed by atoms with Gasteiger partial charge in [-0.2, -0.15) is 0 Å². The topological polar surface area (TPSA) is 148 Å². The largest absolute Gasteiger partial charge is 1.00 e. The van der Waals surface area contributed by atoms with Gasteiger partial charge in [0.2, 0.25) is 5.75 Å². The molecule has 0 radical (unpaired) electrons. The van der Waals surface area contributed by atoms with E-state index in [0.717, 1.165) is 11.3 Å². The van der Waals surface area contributed by atoms with Gasteiger partial charge in [0.15, 0.2) is 17.5 Å². The van der Waals surface area contributed by atoms with Crippen LogP contribution in [0, 0.1) is 0 Å². The first-order chi connectivity index (χ1) is 17.5. The number of imidazole rings is 1. The molecule has 0 aliphatic rings. The molecule has 0 spiro atoms. The van der Waals surface area contributed by atoms with E-state index in [0.29, 0.717) is 51.9 Å². The number of amides is 1. The van der Waals surface area contributed by atoms with Crippen molar-refractivity contribution in [1.29, 1.82) is 0 Å². The summed E-state index contributed by atoms with van der Waals surface area (Å²) in [6, 6.07) is 8.46. The molecule has 0 saturated carbocycles. The number of aromatic nitrogens is 3. The minimum absolute atomic E-state index is 0. The Bertz CT molecular complexity index is 1320. The van der Waals surface area contributed by atoms with Crippen molar-refractivity contribution in [2.24, 2.45) is 0 Å². The zero-order chi connectivity index (χ0) is 25.7. The number of carbonyl (C=O) groups is 1. The molecule has 2 aromatic heterocycles. The Morgan fingerprint density at radius 2 is 1.73 bits per heavy atom. The van der Waals surface area contributed by atoms with Crippen LogP contribution >= 0.6 is 0 Å². The zero-order valence-electron chi connectivity index (χ0n) is 20.8. The van der Waals surface area contributed by atoms with Crippen LogP contribution in [0.5, 0.6) is 23.0 Å². The van der Waals surface area contributed by atoms with E-state index < -0.39 is 6.04 Å². The number of halogens is 1. The molecule has 1 amide bonds. The third kappa shape index (κ3) is 5.79. The van der Waals surface area contributed by atoms with Crippen LogP contribution in [0.2, 0.25) is 0 Å². The van der Waals surface area contributed by atoms with Crippen molar-refractivity contribution in [2.75, 3.05) is 33.8 Å². The third-order valence-corrected chi connectivity index (χ3v) is 5.67. The lowest BCUT2D eigenvalue weighted by Gasteiger charge is -2.15. The van der Waals surface area contributed by atoms with Gasteiger partial charge in [0, 0.05) is 23.0 Å². The molecule has 2 heterocycles. The maximum Gasteiger partial charge on any atom is 0.283 e. The number of nitrogens with one attached hydrogen (secondary N) is 2. The minimum Gasteiger partial charge on any atom is -1.00 e. The Morgan fingerprint density at radius 1 is 1.03 bits per heavy atom. The van der Waals surface area contributed by atoms with Crippen LogP contribution in [0.4, 0.5) is 5.69 Å². The quantitative estimate of drug-likeness (QED) is 0.250. The molecular formula is C25H28ClN5O6. The molecule has 37 heavy (non-hydrogen) atoms. The molecule has 0 saturated heterocycles. The second kappa shape index (κ2) is 12.2. The maximum absolute atomic E-state index is 12.9. The van der Waals surface area contributed by atoms with E-state index in [4.69, 9.17) is 23.5 Å². The van der Waals surface area contributed by atoms with Crippen LogP contribution in [0.15, 0.2) is 53.6 Å². The van der Waals surface area contributed by atoms with Crippen molar-refractivity contribution in [3.8, 4) is 45.4 Å². The molecule has 196 valence electrons. The number of H-pyrrole nitrogens is 1. The van der Waals surface area contributed by atoms with E-state index in [2.05, 4.69) is 26.2 Å². The van der Waals surface area contributed by atoms with Gasteiger partial charge in [-0.25, -0.2) is 4.98 Å². The van der Waals surface area contributed by atoms with Crippen LogP contribution in [0.3, 0.4) is 0 Å². The number of nitrogens with zero attached hydrogens (tertiary/aromatic N) is 2. The highest BCUT2D eigenvalue weighted by atomic mass is 35.5. The van der Waals surface area contributed by atoms with Crippen LogP contribution in [0.1, 0.15) is 5.69 Å². The summed E-state index contributed by atoms with van der Waals surface area (Å²) in [5.41, 5.74) is 8.01. The van der Waals surface area contributed by atoms with E-state index >= 15 is 0 Å². The first-order valence-electron chi connectivity index (χ1n) is 11.0. The van der Waals surface area contributed by atoms with Gasteiger partial charge in [0.25, 0.3) is 5.91 Å². The lowest BCUT2D eigenvalue weighted by molar-refractivity contribution is -0.402. The molecule has 0 aliphatic heterocycles. The SMILES string of the molecule is COc1ccc(-c2conc2-c2cc(OC)c(OC)c(OC)c2)cc1NC(=O)C([NH3+])Cc1cnc[nH]1.[Cl-]. The third-order valence-electron chi connectivity index (χ3n) is 5.67. The van der Waals surface area contributed by atoms with Gasteiger partial charge in [0.1, 0.15) is 17.7 Å². The first kappa shape index (κ1) is 27.4. The number of anilines is 1. The Kier molecular flexibility index (Phi) is 8.99. The molecule has 0 aliphatic carbocycles. The number of benzene rings is 2. The van der Waals surface area contributed by atoms with Crippen LogP contribution in [-0.4, -0.2) is 55.5 Å². The molecule has 1 unspecified atom stereocenters. The number of rotatable bonds is 10. The van der Waals surface area contributed by atoms with Crippen LogP contribution in [0.25, 0.3) is 22.4 Å². The summed E-state index contributed by atoms with van der Waals surface area (Å²) < 4.78 is 27.2. The summed E-state index contributed by atoms with van der Waals surface area (Å²) in [5.74, 6) is 1.70. The Morgan fingerprint density at radius 3 is 2.32 bits per heavy atom.